The molecule has 1 aromatic carbocycles. The number of aliphatic imine (C=N–C) groups is 1. The number of nitrogens with zero attached hydrogens (tertiary/aromatic N) is 5. The van der Waals surface area contributed by atoms with E-state index in [4.69, 9.17) is 11.5 Å². The smallest absolute Gasteiger partial charge is 0.384 e. The fraction of sp³-hybridized carbons (Fsp3) is 0.231. The van der Waals surface area contributed by atoms with Crippen LogP contribution in [0.1, 0.15) is 5.56 Å². The van der Waals surface area contributed by atoms with E-state index in [-0.39, 0.29) is 11.0 Å². The Balaban J connectivity index is 1.91. The van der Waals surface area contributed by atoms with Crippen molar-refractivity contribution in [3.05, 3.63) is 42.1 Å². The van der Waals surface area contributed by atoms with Gasteiger partial charge in [-0.3, -0.25) is 5.73 Å². The average Bonchev–Trinajstić information content (AvgIpc) is 3.01. The molecule has 12 heteroatoms. The molecule has 1 aliphatic rings. The van der Waals surface area contributed by atoms with Crippen molar-refractivity contribution in [2.75, 3.05) is 5.75 Å². The van der Waals surface area contributed by atoms with Gasteiger partial charge in [0.25, 0.3) is 0 Å². The molecule has 1 aliphatic heterocycles. The van der Waals surface area contributed by atoms with Gasteiger partial charge in [-0.25, -0.2) is 4.99 Å². The minimum Gasteiger partial charge on any atom is -0.384 e. The molecule has 8 nitrogen and oxygen atoms in total. The fourth-order valence-electron chi connectivity index (χ4n) is 2.13. The highest BCUT2D eigenvalue weighted by atomic mass is 32.2. The predicted octanol–water partition coefficient (Wildman–Crippen LogP) is 0.860. The summed E-state index contributed by atoms with van der Waals surface area (Å²) in [5.74, 6) is -2.14. The van der Waals surface area contributed by atoms with E-state index < -0.39 is 17.7 Å². The number of alkyl halides is 3. The second kappa shape index (κ2) is 6.37. The van der Waals surface area contributed by atoms with Gasteiger partial charge >= 0.3 is 6.18 Å². The first-order valence-corrected chi connectivity index (χ1v) is 7.93. The van der Waals surface area contributed by atoms with Gasteiger partial charge in [0.15, 0.2) is 0 Å². The largest absolute Gasteiger partial charge is 0.398 e. The monoisotopic (exact) mass is 370 g/mol. The van der Waals surface area contributed by atoms with Gasteiger partial charge in [0.2, 0.25) is 10.9 Å². The molecule has 5 N–H and O–H groups in total. The summed E-state index contributed by atoms with van der Waals surface area (Å²) < 4.78 is 38.5. The average molecular weight is 370 g/mol. The highest BCUT2D eigenvalue weighted by Crippen LogP contribution is 2.28. The van der Waals surface area contributed by atoms with Crippen LogP contribution in [0.15, 0.2) is 46.7 Å². The second-order valence-corrected chi connectivity index (χ2v) is 6.05. The molecule has 0 fully saturated rings. The van der Waals surface area contributed by atoms with Gasteiger partial charge in [0, 0.05) is 11.8 Å². The van der Waals surface area contributed by atoms with E-state index in [1.807, 2.05) is 0 Å². The van der Waals surface area contributed by atoms with Gasteiger partial charge in [-0.1, -0.05) is 23.9 Å². The van der Waals surface area contributed by atoms with Crippen LogP contribution < -0.4 is 16.8 Å². The topological polar surface area (TPSA) is 120 Å². The van der Waals surface area contributed by atoms with E-state index in [9.17, 15) is 13.2 Å². The lowest BCUT2D eigenvalue weighted by molar-refractivity contribution is -0.105. The summed E-state index contributed by atoms with van der Waals surface area (Å²) >= 11 is 0.493. The Morgan fingerprint density at radius 2 is 2.12 bits per heavy atom. The number of hydrogen-bond donors (Lipinski definition) is 3. The van der Waals surface area contributed by atoms with E-state index in [2.05, 4.69) is 25.8 Å². The number of nitrogens with two attached hydrogens (primary N) is 2. The van der Waals surface area contributed by atoms with E-state index in [0.717, 1.165) is 0 Å². The first-order valence-electron chi connectivity index (χ1n) is 6.94. The Morgan fingerprint density at radius 1 is 1.32 bits per heavy atom. The SMILES string of the molecule is NC1=NC(N)(c2cccc(-n3nnnc3SCC(F)(F)F)c2)NC=C1. The zero-order valence-corrected chi connectivity index (χ0v) is 13.4. The molecule has 0 bridgehead atoms. The molecule has 3 rings (SSSR count). The van der Waals surface area contributed by atoms with E-state index in [1.165, 1.54) is 4.68 Å². The fourth-order valence-corrected chi connectivity index (χ4v) is 2.78. The molecule has 132 valence electrons. The van der Waals surface area contributed by atoms with Crippen molar-refractivity contribution < 1.29 is 13.2 Å². The predicted molar refractivity (Wildman–Crippen MR) is 85.7 cm³/mol. The summed E-state index contributed by atoms with van der Waals surface area (Å²) in [4.78, 5) is 4.16. The summed E-state index contributed by atoms with van der Waals surface area (Å²) in [5.41, 5.74) is 12.9. The maximum atomic E-state index is 12.4. The zero-order chi connectivity index (χ0) is 18.1. The summed E-state index contributed by atoms with van der Waals surface area (Å²) in [5, 5.41) is 13.7. The van der Waals surface area contributed by atoms with E-state index in [0.29, 0.717) is 23.0 Å². The number of rotatable bonds is 4. The van der Waals surface area contributed by atoms with Crippen molar-refractivity contribution in [1.82, 2.24) is 25.5 Å². The molecular weight excluding hydrogens is 357 g/mol. The van der Waals surface area contributed by atoms with Crippen molar-refractivity contribution in [2.45, 2.75) is 17.1 Å². The highest BCUT2D eigenvalue weighted by Gasteiger charge is 2.30. The van der Waals surface area contributed by atoms with Crippen LogP contribution in [-0.2, 0) is 5.79 Å². The van der Waals surface area contributed by atoms with Crippen LogP contribution in [0.4, 0.5) is 13.2 Å². The Labute approximate surface area is 144 Å². The van der Waals surface area contributed by atoms with E-state index in [1.54, 1.807) is 36.5 Å². The number of thioether (sulfide) groups is 1. The van der Waals surface area contributed by atoms with Gasteiger partial charge < -0.3 is 11.1 Å². The molecular formula is C13H13F3N8S. The zero-order valence-electron chi connectivity index (χ0n) is 12.6. The first kappa shape index (κ1) is 17.2. The second-order valence-electron chi connectivity index (χ2n) is 5.11. The van der Waals surface area contributed by atoms with Crippen molar-refractivity contribution in [1.29, 1.82) is 0 Å². The number of nitrogens with one attached hydrogen (secondary N) is 1. The number of benzene rings is 1. The summed E-state index contributed by atoms with van der Waals surface area (Å²) in [6.07, 6.45) is -1.20. The number of aromatic nitrogens is 4. The molecule has 0 saturated carbocycles. The maximum absolute atomic E-state index is 12.4. The van der Waals surface area contributed by atoms with Crippen LogP contribution in [0.25, 0.3) is 5.69 Å². The van der Waals surface area contributed by atoms with Crippen LogP contribution in [0.5, 0.6) is 0 Å². The number of halogens is 3. The normalized spacial score (nSPS) is 20.2. The van der Waals surface area contributed by atoms with Crippen LogP contribution in [0, 0.1) is 0 Å². The third kappa shape index (κ3) is 3.91. The molecule has 1 atom stereocenters. The van der Waals surface area contributed by atoms with Gasteiger partial charge in [-0.2, -0.15) is 17.9 Å². The Bertz CT molecular complexity index is 831. The summed E-state index contributed by atoms with van der Waals surface area (Å²) in [7, 11) is 0. The first-order chi connectivity index (χ1) is 11.8. The standard InChI is InChI=1S/C13H13F3N8S/c14-12(15,16)7-25-11-21-22-23-24(11)9-3-1-2-8(6-9)13(18)19-5-4-10(17)20-13/h1-6,19H,7,18H2,(H2,17,20). The molecule has 0 amide bonds. The van der Waals surface area contributed by atoms with E-state index >= 15 is 0 Å². The maximum Gasteiger partial charge on any atom is 0.398 e. The lowest BCUT2D eigenvalue weighted by Crippen LogP contribution is -2.49. The lowest BCUT2D eigenvalue weighted by Gasteiger charge is -2.29. The minimum absolute atomic E-state index is 0.0139. The molecule has 0 saturated heterocycles. The molecule has 0 aliphatic carbocycles. The Morgan fingerprint density at radius 3 is 2.84 bits per heavy atom. The summed E-state index contributed by atoms with van der Waals surface area (Å²) in [6, 6.07) is 6.65. The van der Waals surface area contributed by atoms with Crippen LogP contribution in [0.3, 0.4) is 0 Å². The summed E-state index contributed by atoms with van der Waals surface area (Å²) in [6.45, 7) is 0. The van der Waals surface area contributed by atoms with Crippen molar-refractivity contribution >= 4 is 17.6 Å². The Kier molecular flexibility index (Phi) is 4.39. The molecule has 25 heavy (non-hydrogen) atoms. The number of tetrazole rings is 1. The van der Waals surface area contributed by atoms with Gasteiger partial charge in [0.05, 0.1) is 11.4 Å². The van der Waals surface area contributed by atoms with Crippen molar-refractivity contribution in [3.8, 4) is 5.69 Å². The number of hydrogen-bond acceptors (Lipinski definition) is 8. The van der Waals surface area contributed by atoms with Crippen LogP contribution in [0.2, 0.25) is 0 Å². The van der Waals surface area contributed by atoms with Gasteiger partial charge in [0.1, 0.15) is 5.84 Å². The van der Waals surface area contributed by atoms with Gasteiger partial charge in [-0.15, -0.1) is 5.10 Å². The van der Waals surface area contributed by atoms with Crippen LogP contribution >= 0.6 is 11.8 Å². The molecule has 1 aromatic heterocycles. The third-order valence-corrected chi connectivity index (χ3v) is 4.18. The van der Waals surface area contributed by atoms with Crippen LogP contribution in [-0.4, -0.2) is 38.0 Å². The molecule has 2 heterocycles. The molecule has 1 unspecified atom stereocenters. The molecule has 0 radical (unpaired) electrons. The van der Waals surface area contributed by atoms with Gasteiger partial charge in [-0.05, 0) is 28.6 Å². The number of amidine groups is 1. The lowest BCUT2D eigenvalue weighted by atomic mass is 10.1. The minimum atomic E-state index is -4.32. The van der Waals surface area contributed by atoms with Crippen molar-refractivity contribution in [2.24, 2.45) is 16.5 Å². The quantitative estimate of drug-likeness (QED) is 0.683. The Hall–Kier alpha value is -2.60. The van der Waals surface area contributed by atoms with Crippen molar-refractivity contribution in [3.63, 3.8) is 0 Å². The molecule has 2 aromatic rings. The highest BCUT2D eigenvalue weighted by molar-refractivity contribution is 7.99. The molecule has 0 spiro atoms. The third-order valence-electron chi connectivity index (χ3n) is 3.20.